The molecule has 20 heavy (non-hydrogen) atoms. The average molecular weight is 307 g/mol. The number of hydrogen-bond donors (Lipinski definition) is 1. The van der Waals surface area contributed by atoms with Crippen LogP contribution in [-0.4, -0.2) is 35.9 Å². The van der Waals surface area contributed by atoms with Crippen molar-refractivity contribution in [3.8, 4) is 0 Å². The van der Waals surface area contributed by atoms with Crippen molar-refractivity contribution in [3.63, 3.8) is 0 Å². The zero-order valence-corrected chi connectivity index (χ0v) is 12.0. The first-order valence-corrected chi connectivity index (χ1v) is 7.10. The van der Waals surface area contributed by atoms with Gasteiger partial charge in [-0.1, -0.05) is 0 Å². The minimum atomic E-state index is -4.25. The average Bonchev–Trinajstić information content (AvgIpc) is 2.27. The van der Waals surface area contributed by atoms with E-state index in [2.05, 4.69) is 0 Å². The Kier molecular flexibility index (Phi) is 4.50. The molecule has 8 heteroatoms. The van der Waals surface area contributed by atoms with Crippen molar-refractivity contribution in [2.45, 2.75) is 31.2 Å². The quantitative estimate of drug-likeness (QED) is 0.921. The normalized spacial score (nSPS) is 12.7. The molecule has 1 aromatic rings. The molecule has 0 radical (unpaired) electrons. The molecule has 1 rings (SSSR count). The van der Waals surface area contributed by atoms with E-state index >= 15 is 0 Å². The van der Waals surface area contributed by atoms with E-state index < -0.39 is 44.6 Å². The molecule has 112 valence electrons. The van der Waals surface area contributed by atoms with Crippen molar-refractivity contribution >= 4 is 16.0 Å². The zero-order chi connectivity index (χ0) is 15.7. The molecule has 0 bridgehead atoms. The van der Waals surface area contributed by atoms with Gasteiger partial charge in [-0.2, -0.15) is 4.31 Å². The third-order valence-electron chi connectivity index (χ3n) is 2.51. The number of carbonyl (C=O) groups is 1. The Labute approximate surface area is 115 Å². The molecule has 0 aliphatic heterocycles. The summed E-state index contributed by atoms with van der Waals surface area (Å²) < 4.78 is 51.4. The molecular weight excluding hydrogens is 292 g/mol. The van der Waals surface area contributed by atoms with Crippen LogP contribution in [0.3, 0.4) is 0 Å². The molecule has 0 fully saturated rings. The van der Waals surface area contributed by atoms with Crippen LogP contribution >= 0.6 is 0 Å². The maximum absolute atomic E-state index is 13.2. The van der Waals surface area contributed by atoms with Gasteiger partial charge in [0.05, 0.1) is 4.90 Å². The molecule has 0 saturated carbocycles. The van der Waals surface area contributed by atoms with Crippen LogP contribution in [0.5, 0.6) is 0 Å². The lowest BCUT2D eigenvalue weighted by Gasteiger charge is -2.33. The topological polar surface area (TPSA) is 74.7 Å². The van der Waals surface area contributed by atoms with Gasteiger partial charge in [-0.15, -0.1) is 0 Å². The summed E-state index contributed by atoms with van der Waals surface area (Å²) in [6.45, 7) is 3.75. The van der Waals surface area contributed by atoms with E-state index in [0.29, 0.717) is 12.1 Å². The fourth-order valence-electron chi connectivity index (χ4n) is 1.57. The van der Waals surface area contributed by atoms with Gasteiger partial charge in [0.15, 0.2) is 11.6 Å². The second-order valence-electron chi connectivity index (χ2n) is 5.15. The van der Waals surface area contributed by atoms with Crippen molar-refractivity contribution < 1.29 is 27.1 Å². The lowest BCUT2D eigenvalue weighted by molar-refractivity contribution is -0.138. The summed E-state index contributed by atoms with van der Waals surface area (Å²) in [5, 5.41) is 8.82. The molecule has 0 amide bonds. The first-order valence-electron chi connectivity index (χ1n) is 5.66. The van der Waals surface area contributed by atoms with E-state index in [4.69, 9.17) is 5.11 Å². The van der Waals surface area contributed by atoms with E-state index in [0.717, 1.165) is 10.4 Å². The summed E-state index contributed by atoms with van der Waals surface area (Å²) in [6, 6.07) is 2.11. The third kappa shape index (κ3) is 3.51. The standard InChI is InChI=1S/C12H15F2NO4S/c1-12(2,3)15(7-11(16)17)20(18,19)8-4-5-9(13)10(14)6-8/h4-6H,7H2,1-3H3,(H,16,17). The number of nitrogens with zero attached hydrogens (tertiary/aromatic N) is 1. The molecule has 0 aliphatic rings. The predicted molar refractivity (Wildman–Crippen MR) is 67.6 cm³/mol. The molecule has 0 spiro atoms. The number of carboxylic acids is 1. The van der Waals surface area contributed by atoms with E-state index in [9.17, 15) is 22.0 Å². The first kappa shape index (κ1) is 16.5. The monoisotopic (exact) mass is 307 g/mol. The van der Waals surface area contributed by atoms with Gasteiger partial charge in [-0.05, 0) is 39.0 Å². The van der Waals surface area contributed by atoms with Crippen LogP contribution in [0.2, 0.25) is 0 Å². The summed E-state index contributed by atoms with van der Waals surface area (Å²) in [5.74, 6) is -3.83. The highest BCUT2D eigenvalue weighted by Crippen LogP contribution is 2.25. The molecule has 0 saturated heterocycles. The van der Waals surface area contributed by atoms with Crippen LogP contribution in [0, 0.1) is 11.6 Å². The number of aliphatic carboxylic acids is 1. The number of halogens is 2. The van der Waals surface area contributed by atoms with Crippen LogP contribution in [0.15, 0.2) is 23.1 Å². The van der Waals surface area contributed by atoms with Gasteiger partial charge in [0.2, 0.25) is 10.0 Å². The Hall–Kier alpha value is -1.54. The number of carboxylic acid groups (broad SMARTS) is 1. The molecule has 1 N–H and O–H groups in total. The number of benzene rings is 1. The first-order chi connectivity index (χ1) is 8.96. The number of rotatable bonds is 4. The van der Waals surface area contributed by atoms with Crippen molar-refractivity contribution in [2.75, 3.05) is 6.54 Å². The number of sulfonamides is 1. The maximum Gasteiger partial charge on any atom is 0.318 e. The minimum absolute atomic E-state index is 0.493. The van der Waals surface area contributed by atoms with Gasteiger partial charge in [-0.25, -0.2) is 17.2 Å². The summed E-state index contributed by atoms with van der Waals surface area (Å²) >= 11 is 0. The third-order valence-corrected chi connectivity index (χ3v) is 4.61. The Morgan fingerprint density at radius 1 is 1.25 bits per heavy atom. The van der Waals surface area contributed by atoms with Gasteiger partial charge >= 0.3 is 5.97 Å². The van der Waals surface area contributed by atoms with E-state index in [-0.39, 0.29) is 0 Å². The van der Waals surface area contributed by atoms with Gasteiger partial charge in [0.25, 0.3) is 0 Å². The molecule has 0 heterocycles. The molecular formula is C12H15F2NO4S. The molecule has 0 aliphatic carbocycles. The van der Waals surface area contributed by atoms with Gasteiger partial charge in [0, 0.05) is 5.54 Å². The maximum atomic E-state index is 13.2. The molecule has 5 nitrogen and oxygen atoms in total. The Morgan fingerprint density at radius 3 is 2.20 bits per heavy atom. The molecule has 1 aromatic carbocycles. The summed E-state index contributed by atoms with van der Waals surface area (Å²) in [6.07, 6.45) is 0. The fourth-order valence-corrected chi connectivity index (χ4v) is 3.32. The van der Waals surface area contributed by atoms with Crippen molar-refractivity contribution in [1.29, 1.82) is 0 Å². The van der Waals surface area contributed by atoms with Crippen molar-refractivity contribution in [2.24, 2.45) is 0 Å². The van der Waals surface area contributed by atoms with Crippen molar-refractivity contribution in [3.05, 3.63) is 29.8 Å². The Balaban J connectivity index is 3.36. The Bertz CT molecular complexity index is 623. The molecule has 0 atom stereocenters. The van der Waals surface area contributed by atoms with Crippen molar-refractivity contribution in [1.82, 2.24) is 4.31 Å². The highest BCUT2D eigenvalue weighted by Gasteiger charge is 2.35. The lowest BCUT2D eigenvalue weighted by Crippen LogP contribution is -2.48. The smallest absolute Gasteiger partial charge is 0.318 e. The molecule has 0 unspecified atom stereocenters. The van der Waals surface area contributed by atoms with Gasteiger partial charge in [0.1, 0.15) is 6.54 Å². The van der Waals surface area contributed by atoms with Crippen LogP contribution in [-0.2, 0) is 14.8 Å². The van der Waals surface area contributed by atoms with Gasteiger partial charge < -0.3 is 5.11 Å². The summed E-state index contributed by atoms with van der Waals surface area (Å²) in [5.41, 5.74) is -1.03. The highest BCUT2D eigenvalue weighted by molar-refractivity contribution is 7.89. The van der Waals surface area contributed by atoms with Crippen LogP contribution in [0.4, 0.5) is 8.78 Å². The minimum Gasteiger partial charge on any atom is -0.480 e. The lowest BCUT2D eigenvalue weighted by atomic mass is 10.1. The van der Waals surface area contributed by atoms with E-state index in [1.165, 1.54) is 20.8 Å². The van der Waals surface area contributed by atoms with Crippen LogP contribution in [0.25, 0.3) is 0 Å². The number of hydrogen-bond acceptors (Lipinski definition) is 3. The zero-order valence-electron chi connectivity index (χ0n) is 11.2. The van der Waals surface area contributed by atoms with E-state index in [1.54, 1.807) is 0 Å². The molecule has 0 aromatic heterocycles. The fraction of sp³-hybridized carbons (Fsp3) is 0.417. The highest BCUT2D eigenvalue weighted by atomic mass is 32.2. The van der Waals surface area contributed by atoms with Gasteiger partial charge in [-0.3, -0.25) is 4.79 Å². The second-order valence-corrected chi connectivity index (χ2v) is 7.01. The Morgan fingerprint density at radius 2 is 1.80 bits per heavy atom. The van der Waals surface area contributed by atoms with E-state index in [1.807, 2.05) is 0 Å². The van der Waals surface area contributed by atoms with Crippen LogP contribution in [0.1, 0.15) is 20.8 Å². The SMILES string of the molecule is CC(C)(C)N(CC(=O)O)S(=O)(=O)c1ccc(F)c(F)c1. The second kappa shape index (κ2) is 5.45. The van der Waals surface area contributed by atoms with Crippen LogP contribution < -0.4 is 0 Å². The largest absolute Gasteiger partial charge is 0.480 e. The summed E-state index contributed by atoms with van der Waals surface area (Å²) in [4.78, 5) is 10.3. The summed E-state index contributed by atoms with van der Waals surface area (Å²) in [7, 11) is -4.25. The predicted octanol–water partition coefficient (Wildman–Crippen LogP) is 1.84.